The summed E-state index contributed by atoms with van der Waals surface area (Å²) in [4.78, 5) is 0. The highest BCUT2D eigenvalue weighted by molar-refractivity contribution is 5.73. The third kappa shape index (κ3) is 3.39. The molecule has 2 heteroatoms. The van der Waals surface area contributed by atoms with Crippen molar-refractivity contribution in [2.24, 2.45) is 0 Å². The normalized spacial score (nSPS) is 17.7. The molecule has 1 aromatic heterocycles. The van der Waals surface area contributed by atoms with Gasteiger partial charge in [-0.1, -0.05) is 57.5 Å². The second-order valence-corrected chi connectivity index (χ2v) is 9.31. The van der Waals surface area contributed by atoms with Gasteiger partial charge in [0, 0.05) is 12.5 Å². The fourth-order valence-electron chi connectivity index (χ4n) is 4.28. The van der Waals surface area contributed by atoms with Gasteiger partial charge < -0.3 is 4.52 Å². The van der Waals surface area contributed by atoms with E-state index in [9.17, 15) is 0 Å². The smallest absolute Gasteiger partial charge is 0.141 e. The number of aryl methyl sites for hydroxylation is 1. The van der Waals surface area contributed by atoms with Gasteiger partial charge in [0.25, 0.3) is 0 Å². The van der Waals surface area contributed by atoms with Crippen LogP contribution in [0.25, 0.3) is 5.57 Å². The first-order chi connectivity index (χ1) is 12.2. The van der Waals surface area contributed by atoms with E-state index in [0.29, 0.717) is 0 Å². The van der Waals surface area contributed by atoms with Crippen LogP contribution in [0.1, 0.15) is 89.3 Å². The van der Waals surface area contributed by atoms with Crippen molar-refractivity contribution < 1.29 is 4.52 Å². The average Bonchev–Trinajstić information content (AvgIpc) is 3.09. The van der Waals surface area contributed by atoms with Crippen LogP contribution in [0.2, 0.25) is 0 Å². The third-order valence-electron chi connectivity index (χ3n) is 6.23. The van der Waals surface area contributed by atoms with Crippen LogP contribution in [-0.2, 0) is 23.7 Å². The molecule has 0 unspecified atom stereocenters. The lowest BCUT2D eigenvalue weighted by Gasteiger charge is -2.42. The number of benzene rings is 1. The molecule has 1 aromatic carbocycles. The average molecular weight is 352 g/mol. The molecule has 0 radical (unpaired) electrons. The molecule has 2 nitrogen and oxygen atoms in total. The number of hydrogen-bond acceptors (Lipinski definition) is 2. The summed E-state index contributed by atoms with van der Waals surface area (Å²) in [6.07, 6.45) is 6.08. The Morgan fingerprint density at radius 2 is 1.65 bits per heavy atom. The Kier molecular flexibility index (Phi) is 4.90. The Morgan fingerprint density at radius 3 is 2.15 bits per heavy atom. The highest BCUT2D eigenvalue weighted by Crippen LogP contribution is 2.47. The van der Waals surface area contributed by atoms with Crippen molar-refractivity contribution in [1.82, 2.24) is 5.16 Å². The van der Waals surface area contributed by atoms with Gasteiger partial charge in [-0.15, -0.1) is 0 Å². The molecule has 0 amide bonds. The maximum absolute atomic E-state index is 5.41. The number of rotatable bonds is 4. The second kappa shape index (κ2) is 6.72. The van der Waals surface area contributed by atoms with Crippen molar-refractivity contribution in [2.45, 2.75) is 85.0 Å². The van der Waals surface area contributed by atoms with E-state index in [1.54, 1.807) is 11.8 Å². The molecule has 26 heavy (non-hydrogen) atoms. The van der Waals surface area contributed by atoms with Crippen LogP contribution in [0.3, 0.4) is 0 Å². The Bertz CT molecular complexity index is 818. The van der Waals surface area contributed by atoms with Crippen molar-refractivity contribution in [1.29, 1.82) is 0 Å². The largest absolute Gasteiger partial charge is 0.361 e. The number of fused-ring (bicyclic) bond motifs is 1. The minimum absolute atomic E-state index is 0.227. The van der Waals surface area contributed by atoms with Gasteiger partial charge in [-0.25, -0.2) is 0 Å². The highest BCUT2D eigenvalue weighted by Gasteiger charge is 2.37. The number of allylic oxidation sites excluding steroid dienone is 2. The molecule has 0 spiro atoms. The molecule has 0 N–H and O–H groups in total. The molecule has 1 heterocycles. The van der Waals surface area contributed by atoms with Crippen LogP contribution >= 0.6 is 0 Å². The number of hydrogen-bond donors (Lipinski definition) is 0. The Labute approximate surface area is 158 Å². The molecule has 0 fully saturated rings. The molecule has 0 saturated heterocycles. The molecular formula is C24H33NO. The first kappa shape index (κ1) is 18.9. The monoisotopic (exact) mass is 351 g/mol. The molecule has 0 bridgehead atoms. The topological polar surface area (TPSA) is 26.0 Å². The highest BCUT2D eigenvalue weighted by atomic mass is 16.5. The summed E-state index contributed by atoms with van der Waals surface area (Å²) in [5.74, 6) is 0.931. The van der Waals surface area contributed by atoms with Crippen molar-refractivity contribution in [2.75, 3.05) is 0 Å². The van der Waals surface area contributed by atoms with Gasteiger partial charge in [0.15, 0.2) is 0 Å². The lowest BCUT2D eigenvalue weighted by atomic mass is 9.62. The molecule has 1 aliphatic carbocycles. The van der Waals surface area contributed by atoms with Crippen LogP contribution in [-0.4, -0.2) is 5.16 Å². The van der Waals surface area contributed by atoms with Crippen LogP contribution in [0.4, 0.5) is 0 Å². The van der Waals surface area contributed by atoms with Crippen LogP contribution in [0, 0.1) is 0 Å². The number of aromatic nitrogens is 1. The summed E-state index contributed by atoms with van der Waals surface area (Å²) in [6, 6.07) is 6.96. The SMILES string of the molecule is CCc1cc2c(cc1C(Cc1ccno1)=C(C)C)C(C)(C)CCC2(C)C. The molecule has 2 aromatic rings. The minimum Gasteiger partial charge on any atom is -0.361 e. The molecule has 3 rings (SSSR count). The van der Waals surface area contributed by atoms with E-state index in [-0.39, 0.29) is 10.8 Å². The summed E-state index contributed by atoms with van der Waals surface area (Å²) in [5, 5.41) is 3.89. The van der Waals surface area contributed by atoms with Crippen molar-refractivity contribution >= 4 is 5.57 Å². The van der Waals surface area contributed by atoms with Gasteiger partial charge in [-0.3, -0.25) is 0 Å². The molecule has 0 saturated carbocycles. The molecule has 0 atom stereocenters. The maximum atomic E-state index is 5.41. The van der Waals surface area contributed by atoms with Gasteiger partial charge >= 0.3 is 0 Å². The minimum atomic E-state index is 0.227. The van der Waals surface area contributed by atoms with E-state index >= 15 is 0 Å². The maximum Gasteiger partial charge on any atom is 0.141 e. The Balaban J connectivity index is 2.20. The summed E-state index contributed by atoms with van der Waals surface area (Å²) < 4.78 is 5.41. The zero-order valence-corrected chi connectivity index (χ0v) is 17.5. The van der Waals surface area contributed by atoms with Crippen LogP contribution in [0.15, 0.2) is 34.5 Å². The van der Waals surface area contributed by atoms with Crippen LogP contribution < -0.4 is 0 Å². The summed E-state index contributed by atoms with van der Waals surface area (Å²) in [5.41, 5.74) is 9.12. The molecule has 1 aliphatic rings. The van der Waals surface area contributed by atoms with E-state index in [2.05, 4.69) is 65.8 Å². The zero-order valence-electron chi connectivity index (χ0n) is 17.5. The predicted octanol–water partition coefficient (Wildman–Crippen LogP) is 6.62. The summed E-state index contributed by atoms with van der Waals surface area (Å²) in [6.45, 7) is 16.3. The van der Waals surface area contributed by atoms with Gasteiger partial charge in [-0.2, -0.15) is 0 Å². The summed E-state index contributed by atoms with van der Waals surface area (Å²) >= 11 is 0. The van der Waals surface area contributed by atoms with E-state index < -0.39 is 0 Å². The van der Waals surface area contributed by atoms with E-state index in [4.69, 9.17) is 4.52 Å². The summed E-state index contributed by atoms with van der Waals surface area (Å²) in [7, 11) is 0. The quantitative estimate of drug-likeness (QED) is 0.618. The number of nitrogens with zero attached hydrogens (tertiary/aromatic N) is 1. The van der Waals surface area contributed by atoms with E-state index in [1.807, 2.05) is 6.07 Å². The zero-order chi connectivity index (χ0) is 19.1. The van der Waals surface area contributed by atoms with Gasteiger partial charge in [0.2, 0.25) is 0 Å². The van der Waals surface area contributed by atoms with Gasteiger partial charge in [0.05, 0.1) is 6.20 Å². The van der Waals surface area contributed by atoms with Crippen molar-refractivity contribution in [3.63, 3.8) is 0 Å². The lowest BCUT2D eigenvalue weighted by molar-refractivity contribution is 0.331. The second-order valence-electron chi connectivity index (χ2n) is 9.31. The van der Waals surface area contributed by atoms with E-state index in [1.165, 1.54) is 40.7 Å². The Hall–Kier alpha value is -1.83. The standard InChI is InChI=1S/C24H33NO/c1-8-17-13-21-22(24(6,7)11-10-23(21,4)5)15-20(17)19(16(2)3)14-18-9-12-25-26-18/h9,12-13,15H,8,10-11,14H2,1-7H3. The fraction of sp³-hybridized carbons (Fsp3) is 0.542. The first-order valence-electron chi connectivity index (χ1n) is 9.90. The molecular weight excluding hydrogens is 318 g/mol. The van der Waals surface area contributed by atoms with Gasteiger partial charge in [-0.05, 0) is 71.8 Å². The predicted molar refractivity (Wildman–Crippen MR) is 110 cm³/mol. The van der Waals surface area contributed by atoms with Gasteiger partial charge in [0.1, 0.15) is 5.76 Å². The molecule has 0 aliphatic heterocycles. The van der Waals surface area contributed by atoms with E-state index in [0.717, 1.165) is 18.6 Å². The third-order valence-corrected chi connectivity index (χ3v) is 6.23. The Morgan fingerprint density at radius 1 is 1.04 bits per heavy atom. The molecule has 140 valence electrons. The van der Waals surface area contributed by atoms with Crippen LogP contribution in [0.5, 0.6) is 0 Å². The van der Waals surface area contributed by atoms with Crippen molar-refractivity contribution in [3.05, 3.63) is 58.0 Å². The first-order valence-corrected chi connectivity index (χ1v) is 9.90. The lowest BCUT2D eigenvalue weighted by Crippen LogP contribution is -2.34. The van der Waals surface area contributed by atoms with Crippen molar-refractivity contribution in [3.8, 4) is 0 Å². The fourth-order valence-corrected chi connectivity index (χ4v) is 4.28.